The van der Waals surface area contributed by atoms with Gasteiger partial charge in [-0.1, -0.05) is 18.2 Å². The Morgan fingerprint density at radius 2 is 1.84 bits per heavy atom. The van der Waals surface area contributed by atoms with Crippen molar-refractivity contribution in [2.75, 3.05) is 44.2 Å². The lowest BCUT2D eigenvalue weighted by molar-refractivity contribution is -0.133. The summed E-state index contributed by atoms with van der Waals surface area (Å²) in [4.78, 5) is 27.6. The summed E-state index contributed by atoms with van der Waals surface area (Å²) in [5.74, 6) is 0.227. The van der Waals surface area contributed by atoms with Gasteiger partial charge in [0.2, 0.25) is 5.91 Å². The maximum absolute atomic E-state index is 12.7. The molecule has 6 heteroatoms. The third-order valence-electron chi connectivity index (χ3n) is 5.06. The molecule has 0 N–H and O–H groups in total. The van der Waals surface area contributed by atoms with Gasteiger partial charge in [-0.3, -0.25) is 9.69 Å². The molecule has 25 heavy (non-hydrogen) atoms. The van der Waals surface area contributed by atoms with Gasteiger partial charge < -0.3 is 9.80 Å². The smallest absolute Gasteiger partial charge is 0.236 e. The van der Waals surface area contributed by atoms with E-state index in [1.54, 1.807) is 6.33 Å². The SMILES string of the molecule is O=C(CN1CCc2cncnc2C1)N1CCN(c2ccccc2)CC1. The third-order valence-corrected chi connectivity index (χ3v) is 5.06. The van der Waals surface area contributed by atoms with Crippen molar-refractivity contribution >= 4 is 11.6 Å². The molecule has 2 aliphatic rings. The van der Waals surface area contributed by atoms with Gasteiger partial charge in [0.25, 0.3) is 0 Å². The molecule has 0 atom stereocenters. The van der Waals surface area contributed by atoms with Crippen LogP contribution in [0.4, 0.5) is 5.69 Å². The van der Waals surface area contributed by atoms with E-state index in [9.17, 15) is 4.79 Å². The molecule has 130 valence electrons. The first-order valence-corrected chi connectivity index (χ1v) is 8.87. The molecular formula is C19H23N5O. The summed E-state index contributed by atoms with van der Waals surface area (Å²) in [5, 5.41) is 0. The van der Waals surface area contributed by atoms with Crippen molar-refractivity contribution in [3.63, 3.8) is 0 Å². The molecule has 0 unspecified atom stereocenters. The summed E-state index contributed by atoms with van der Waals surface area (Å²) in [5.41, 5.74) is 3.51. The van der Waals surface area contributed by atoms with Crippen molar-refractivity contribution in [3.8, 4) is 0 Å². The normalized spacial score (nSPS) is 18.1. The molecule has 4 rings (SSSR count). The van der Waals surface area contributed by atoms with E-state index in [1.807, 2.05) is 17.2 Å². The molecule has 6 nitrogen and oxygen atoms in total. The molecule has 1 amide bonds. The highest BCUT2D eigenvalue weighted by Crippen LogP contribution is 2.17. The van der Waals surface area contributed by atoms with E-state index >= 15 is 0 Å². The zero-order valence-corrected chi connectivity index (χ0v) is 14.3. The van der Waals surface area contributed by atoms with Crippen molar-refractivity contribution < 1.29 is 4.79 Å². The summed E-state index contributed by atoms with van der Waals surface area (Å²) < 4.78 is 0. The average Bonchev–Trinajstić information content (AvgIpc) is 2.69. The van der Waals surface area contributed by atoms with Crippen LogP contribution in [0.1, 0.15) is 11.3 Å². The van der Waals surface area contributed by atoms with E-state index in [-0.39, 0.29) is 5.91 Å². The fourth-order valence-electron chi connectivity index (χ4n) is 3.58. The second kappa shape index (κ2) is 7.19. The van der Waals surface area contributed by atoms with Crippen molar-refractivity contribution in [1.29, 1.82) is 0 Å². The van der Waals surface area contributed by atoms with Gasteiger partial charge in [-0.25, -0.2) is 9.97 Å². The van der Waals surface area contributed by atoms with Crippen LogP contribution in [0.15, 0.2) is 42.9 Å². The molecule has 2 aliphatic heterocycles. The Morgan fingerprint density at radius 3 is 2.64 bits per heavy atom. The predicted octanol–water partition coefficient (Wildman–Crippen LogP) is 1.18. The van der Waals surface area contributed by atoms with Gasteiger partial charge in [0.15, 0.2) is 0 Å². The van der Waals surface area contributed by atoms with Gasteiger partial charge in [0.1, 0.15) is 6.33 Å². The first-order valence-electron chi connectivity index (χ1n) is 8.87. The molecule has 1 aromatic heterocycles. The van der Waals surface area contributed by atoms with E-state index in [4.69, 9.17) is 0 Å². The fraction of sp³-hybridized carbons (Fsp3) is 0.421. The number of piperazine rings is 1. The van der Waals surface area contributed by atoms with Gasteiger partial charge in [-0.05, 0) is 24.1 Å². The van der Waals surface area contributed by atoms with E-state index in [0.717, 1.165) is 51.4 Å². The van der Waals surface area contributed by atoms with E-state index in [0.29, 0.717) is 6.54 Å². The Labute approximate surface area is 148 Å². The summed E-state index contributed by atoms with van der Waals surface area (Å²) in [6, 6.07) is 10.4. The minimum absolute atomic E-state index is 0.227. The summed E-state index contributed by atoms with van der Waals surface area (Å²) >= 11 is 0. The van der Waals surface area contributed by atoms with Crippen LogP contribution in [0.3, 0.4) is 0 Å². The number of carbonyl (C=O) groups is 1. The highest BCUT2D eigenvalue weighted by molar-refractivity contribution is 5.78. The molecule has 1 aromatic carbocycles. The van der Waals surface area contributed by atoms with Crippen molar-refractivity contribution in [3.05, 3.63) is 54.1 Å². The third kappa shape index (κ3) is 3.64. The van der Waals surface area contributed by atoms with Crippen LogP contribution < -0.4 is 4.90 Å². The number of hydrogen-bond acceptors (Lipinski definition) is 5. The standard InChI is InChI=1S/C19H23N5O/c25-19(14-22-7-6-16-12-20-15-21-18(16)13-22)24-10-8-23(9-11-24)17-4-2-1-3-5-17/h1-5,12,15H,6-11,13-14H2. The lowest BCUT2D eigenvalue weighted by Crippen LogP contribution is -2.51. The fourth-order valence-corrected chi connectivity index (χ4v) is 3.58. The first-order chi connectivity index (χ1) is 12.3. The molecule has 0 spiro atoms. The number of amides is 1. The number of para-hydroxylation sites is 1. The van der Waals surface area contributed by atoms with Crippen LogP contribution in [-0.2, 0) is 17.8 Å². The summed E-state index contributed by atoms with van der Waals surface area (Å²) in [7, 11) is 0. The molecule has 0 bridgehead atoms. The first kappa shape index (κ1) is 16.0. The molecule has 1 fully saturated rings. The number of hydrogen-bond donors (Lipinski definition) is 0. The largest absolute Gasteiger partial charge is 0.368 e. The zero-order chi connectivity index (χ0) is 17.1. The number of anilines is 1. The van der Waals surface area contributed by atoms with E-state index in [2.05, 4.69) is 44.0 Å². The Morgan fingerprint density at radius 1 is 1.04 bits per heavy atom. The highest BCUT2D eigenvalue weighted by Gasteiger charge is 2.25. The topological polar surface area (TPSA) is 52.6 Å². The number of rotatable bonds is 3. The minimum Gasteiger partial charge on any atom is -0.368 e. The van der Waals surface area contributed by atoms with Gasteiger partial charge in [-0.2, -0.15) is 0 Å². The summed E-state index contributed by atoms with van der Waals surface area (Å²) in [6.45, 7) is 5.50. The van der Waals surface area contributed by atoms with Crippen molar-refractivity contribution in [2.24, 2.45) is 0 Å². The van der Waals surface area contributed by atoms with Crippen molar-refractivity contribution in [1.82, 2.24) is 19.8 Å². The van der Waals surface area contributed by atoms with Gasteiger partial charge >= 0.3 is 0 Å². The monoisotopic (exact) mass is 337 g/mol. The second-order valence-corrected chi connectivity index (χ2v) is 6.66. The molecule has 3 heterocycles. The summed E-state index contributed by atoms with van der Waals surface area (Å²) in [6.07, 6.45) is 4.41. The van der Waals surface area contributed by atoms with Crippen LogP contribution in [0.5, 0.6) is 0 Å². The van der Waals surface area contributed by atoms with Crippen LogP contribution in [0, 0.1) is 0 Å². The molecular weight excluding hydrogens is 314 g/mol. The van der Waals surface area contributed by atoms with Crippen LogP contribution in [0.25, 0.3) is 0 Å². The lowest BCUT2D eigenvalue weighted by Gasteiger charge is -2.37. The predicted molar refractivity (Wildman–Crippen MR) is 96.2 cm³/mol. The average molecular weight is 337 g/mol. The Balaban J connectivity index is 1.30. The second-order valence-electron chi connectivity index (χ2n) is 6.66. The van der Waals surface area contributed by atoms with E-state index < -0.39 is 0 Å². The van der Waals surface area contributed by atoms with Crippen molar-refractivity contribution in [2.45, 2.75) is 13.0 Å². The highest BCUT2D eigenvalue weighted by atomic mass is 16.2. The van der Waals surface area contributed by atoms with Crippen LogP contribution in [0.2, 0.25) is 0 Å². The molecule has 0 radical (unpaired) electrons. The lowest BCUT2D eigenvalue weighted by atomic mass is 10.1. The number of carbonyl (C=O) groups excluding carboxylic acids is 1. The minimum atomic E-state index is 0.227. The number of benzene rings is 1. The van der Waals surface area contributed by atoms with Crippen LogP contribution >= 0.6 is 0 Å². The number of nitrogens with zero attached hydrogens (tertiary/aromatic N) is 5. The molecule has 0 saturated carbocycles. The van der Waals surface area contributed by atoms with Gasteiger partial charge in [-0.15, -0.1) is 0 Å². The maximum Gasteiger partial charge on any atom is 0.236 e. The Bertz CT molecular complexity index is 728. The Kier molecular flexibility index (Phi) is 4.61. The Hall–Kier alpha value is -2.47. The molecule has 0 aliphatic carbocycles. The van der Waals surface area contributed by atoms with Gasteiger partial charge in [0, 0.05) is 51.2 Å². The number of aromatic nitrogens is 2. The van der Waals surface area contributed by atoms with Crippen LogP contribution in [-0.4, -0.2) is 64.9 Å². The molecule has 1 saturated heterocycles. The quantitative estimate of drug-likeness (QED) is 0.842. The molecule has 2 aromatic rings. The van der Waals surface area contributed by atoms with Gasteiger partial charge in [0.05, 0.1) is 12.2 Å². The van der Waals surface area contributed by atoms with E-state index in [1.165, 1.54) is 11.3 Å². The maximum atomic E-state index is 12.7. The zero-order valence-electron chi connectivity index (χ0n) is 14.3. The number of fused-ring (bicyclic) bond motifs is 1.